The van der Waals surface area contributed by atoms with Crippen molar-refractivity contribution in [1.82, 2.24) is 5.32 Å². The summed E-state index contributed by atoms with van der Waals surface area (Å²) in [6.07, 6.45) is 3.05. The molecule has 1 aliphatic rings. The van der Waals surface area contributed by atoms with Crippen LogP contribution in [0.15, 0.2) is 24.3 Å². The number of sulfonamides is 1. The molecule has 0 unspecified atom stereocenters. The fourth-order valence-electron chi connectivity index (χ4n) is 2.74. The van der Waals surface area contributed by atoms with Gasteiger partial charge in [0.2, 0.25) is 15.9 Å². The van der Waals surface area contributed by atoms with E-state index >= 15 is 0 Å². The summed E-state index contributed by atoms with van der Waals surface area (Å²) in [5.74, 6) is -0.326. The Hall–Kier alpha value is -1.60. The predicted molar refractivity (Wildman–Crippen MR) is 89.9 cm³/mol. The number of carbonyl (C=O) groups is 1. The van der Waals surface area contributed by atoms with Crippen LogP contribution in [0.4, 0.5) is 5.69 Å². The maximum atomic E-state index is 12.4. The monoisotopic (exact) mass is 340 g/mol. The molecule has 2 atom stereocenters. The summed E-state index contributed by atoms with van der Waals surface area (Å²) in [6, 6.07) is 6.28. The summed E-state index contributed by atoms with van der Waals surface area (Å²) in [5, 5.41) is 2.79. The molecule has 0 spiro atoms. The highest BCUT2D eigenvalue weighted by atomic mass is 32.2. The number of nitrogens with zero attached hydrogens (tertiary/aromatic N) is 1. The van der Waals surface area contributed by atoms with E-state index in [9.17, 15) is 13.2 Å². The van der Waals surface area contributed by atoms with Crippen LogP contribution in [-0.2, 0) is 19.6 Å². The average molecular weight is 340 g/mol. The van der Waals surface area contributed by atoms with Gasteiger partial charge in [-0.15, -0.1) is 0 Å². The van der Waals surface area contributed by atoms with E-state index in [4.69, 9.17) is 4.74 Å². The van der Waals surface area contributed by atoms with Crippen LogP contribution in [0.1, 0.15) is 25.3 Å². The van der Waals surface area contributed by atoms with Gasteiger partial charge >= 0.3 is 0 Å². The van der Waals surface area contributed by atoms with Gasteiger partial charge in [-0.05, 0) is 44.4 Å². The van der Waals surface area contributed by atoms with Crippen molar-refractivity contribution in [1.29, 1.82) is 0 Å². The summed E-state index contributed by atoms with van der Waals surface area (Å²) in [6.45, 7) is 4.60. The van der Waals surface area contributed by atoms with Gasteiger partial charge in [-0.1, -0.05) is 12.1 Å². The molecule has 0 saturated carbocycles. The summed E-state index contributed by atoms with van der Waals surface area (Å²) in [4.78, 5) is 12.4. The fourth-order valence-corrected chi connectivity index (χ4v) is 3.91. The van der Waals surface area contributed by atoms with E-state index in [2.05, 4.69) is 5.32 Å². The van der Waals surface area contributed by atoms with Gasteiger partial charge in [0, 0.05) is 13.2 Å². The molecule has 1 aromatic carbocycles. The second-order valence-corrected chi connectivity index (χ2v) is 7.81. The van der Waals surface area contributed by atoms with Crippen LogP contribution in [0.5, 0.6) is 0 Å². The molecule has 1 aliphatic heterocycles. The van der Waals surface area contributed by atoms with Crippen molar-refractivity contribution in [3.63, 3.8) is 0 Å². The van der Waals surface area contributed by atoms with Crippen LogP contribution in [0.3, 0.4) is 0 Å². The summed E-state index contributed by atoms with van der Waals surface area (Å²) >= 11 is 0. The molecule has 23 heavy (non-hydrogen) atoms. The van der Waals surface area contributed by atoms with Crippen molar-refractivity contribution >= 4 is 21.6 Å². The van der Waals surface area contributed by atoms with Gasteiger partial charge in [0.1, 0.15) is 6.04 Å². The molecule has 0 radical (unpaired) electrons. The predicted octanol–water partition coefficient (Wildman–Crippen LogP) is 1.44. The van der Waals surface area contributed by atoms with Crippen LogP contribution < -0.4 is 9.62 Å². The first-order valence-electron chi connectivity index (χ1n) is 7.74. The molecule has 1 saturated heterocycles. The highest BCUT2D eigenvalue weighted by Gasteiger charge is 2.29. The van der Waals surface area contributed by atoms with Gasteiger partial charge in [-0.2, -0.15) is 0 Å². The zero-order valence-corrected chi connectivity index (χ0v) is 14.6. The number of rotatable bonds is 6. The smallest absolute Gasteiger partial charge is 0.243 e. The van der Waals surface area contributed by atoms with E-state index < -0.39 is 16.1 Å². The lowest BCUT2D eigenvalue weighted by Gasteiger charge is -2.28. The second kappa shape index (κ2) is 7.31. The van der Waals surface area contributed by atoms with Gasteiger partial charge in [-0.25, -0.2) is 8.42 Å². The number of anilines is 1. The SMILES string of the molecule is Cc1cccc(N([C@@H](C)C(=O)NC[C@H]2CCCO2)S(C)(=O)=O)c1. The molecule has 0 aliphatic carbocycles. The molecule has 1 heterocycles. The van der Waals surface area contributed by atoms with Crippen LogP contribution in [0.25, 0.3) is 0 Å². The number of nitrogens with one attached hydrogen (secondary N) is 1. The highest BCUT2D eigenvalue weighted by Crippen LogP contribution is 2.22. The lowest BCUT2D eigenvalue weighted by molar-refractivity contribution is -0.122. The summed E-state index contributed by atoms with van der Waals surface area (Å²) < 4.78 is 31.0. The number of benzene rings is 1. The third kappa shape index (κ3) is 4.68. The molecule has 1 fully saturated rings. The molecular weight excluding hydrogens is 316 g/mol. The molecule has 6 nitrogen and oxygen atoms in total. The molecular formula is C16H24N2O4S. The normalized spacial score (nSPS) is 19.3. The molecule has 0 aromatic heterocycles. The molecule has 0 bridgehead atoms. The number of ether oxygens (including phenoxy) is 1. The highest BCUT2D eigenvalue weighted by molar-refractivity contribution is 7.92. The van der Waals surface area contributed by atoms with E-state index in [1.807, 2.05) is 13.0 Å². The van der Waals surface area contributed by atoms with Crippen LogP contribution in [0.2, 0.25) is 0 Å². The van der Waals surface area contributed by atoms with E-state index in [0.29, 0.717) is 12.2 Å². The molecule has 1 N–H and O–H groups in total. The van der Waals surface area contributed by atoms with Crippen LogP contribution in [-0.4, -0.2) is 45.9 Å². The third-order valence-corrected chi connectivity index (χ3v) is 5.11. The third-order valence-electron chi connectivity index (χ3n) is 3.87. The lowest BCUT2D eigenvalue weighted by atomic mass is 10.2. The van der Waals surface area contributed by atoms with Crippen LogP contribution >= 0.6 is 0 Å². The van der Waals surface area contributed by atoms with Gasteiger partial charge in [0.25, 0.3) is 0 Å². The zero-order chi connectivity index (χ0) is 17.0. The molecule has 1 amide bonds. The van der Waals surface area contributed by atoms with Crippen molar-refractivity contribution in [2.45, 2.75) is 38.8 Å². The van der Waals surface area contributed by atoms with Gasteiger partial charge in [0.05, 0.1) is 18.0 Å². The van der Waals surface area contributed by atoms with Gasteiger partial charge in [-0.3, -0.25) is 9.10 Å². The van der Waals surface area contributed by atoms with Crippen molar-refractivity contribution in [2.24, 2.45) is 0 Å². The Balaban J connectivity index is 2.13. The Morgan fingerprint density at radius 1 is 1.48 bits per heavy atom. The second-order valence-electron chi connectivity index (χ2n) is 5.95. The number of carbonyl (C=O) groups excluding carboxylic acids is 1. The minimum absolute atomic E-state index is 0.0248. The van der Waals surface area contributed by atoms with Crippen molar-refractivity contribution in [3.05, 3.63) is 29.8 Å². The Bertz CT molecular complexity index is 654. The summed E-state index contributed by atoms with van der Waals surface area (Å²) in [7, 11) is -3.58. The Morgan fingerprint density at radius 3 is 2.78 bits per heavy atom. The molecule has 7 heteroatoms. The van der Waals surface area contributed by atoms with Gasteiger partial charge in [0.15, 0.2) is 0 Å². The standard InChI is InChI=1S/C16H24N2O4S/c1-12-6-4-7-14(10-12)18(23(3,20)21)13(2)16(19)17-11-15-8-5-9-22-15/h4,6-7,10,13,15H,5,8-9,11H2,1-3H3,(H,17,19)/t13-,15+/m0/s1. The maximum Gasteiger partial charge on any atom is 0.243 e. The number of aryl methyl sites for hydroxylation is 1. The van der Waals surface area contributed by atoms with Crippen LogP contribution in [0, 0.1) is 6.92 Å². The Kier molecular flexibility index (Phi) is 5.64. The minimum atomic E-state index is -3.58. The topological polar surface area (TPSA) is 75.7 Å². The zero-order valence-electron chi connectivity index (χ0n) is 13.8. The quantitative estimate of drug-likeness (QED) is 0.850. The van der Waals surface area contributed by atoms with E-state index in [0.717, 1.165) is 35.6 Å². The Morgan fingerprint density at radius 2 is 2.22 bits per heavy atom. The van der Waals surface area contributed by atoms with Crippen molar-refractivity contribution in [3.8, 4) is 0 Å². The van der Waals surface area contributed by atoms with Gasteiger partial charge < -0.3 is 10.1 Å². The van der Waals surface area contributed by atoms with E-state index in [1.165, 1.54) is 0 Å². The summed E-state index contributed by atoms with van der Waals surface area (Å²) in [5.41, 5.74) is 1.43. The average Bonchev–Trinajstić information content (AvgIpc) is 2.96. The first kappa shape index (κ1) is 17.7. The fraction of sp³-hybridized carbons (Fsp3) is 0.562. The van der Waals surface area contributed by atoms with E-state index in [1.54, 1.807) is 25.1 Å². The largest absolute Gasteiger partial charge is 0.376 e. The first-order valence-corrected chi connectivity index (χ1v) is 9.59. The first-order chi connectivity index (χ1) is 10.8. The molecule has 1 aromatic rings. The Labute approximate surface area is 137 Å². The maximum absolute atomic E-state index is 12.4. The molecule has 128 valence electrons. The van der Waals surface area contributed by atoms with Crippen molar-refractivity contribution < 1.29 is 17.9 Å². The number of hydrogen-bond acceptors (Lipinski definition) is 4. The lowest BCUT2D eigenvalue weighted by Crippen LogP contribution is -2.49. The van der Waals surface area contributed by atoms with Crippen molar-refractivity contribution in [2.75, 3.05) is 23.7 Å². The van der Waals surface area contributed by atoms with E-state index in [-0.39, 0.29) is 12.0 Å². The molecule has 2 rings (SSSR count). The number of amides is 1. The number of hydrogen-bond donors (Lipinski definition) is 1. The minimum Gasteiger partial charge on any atom is -0.376 e.